The first-order chi connectivity index (χ1) is 10.5. The van der Waals surface area contributed by atoms with Crippen LogP contribution in [0.3, 0.4) is 0 Å². The van der Waals surface area contributed by atoms with E-state index in [-0.39, 0.29) is 5.75 Å². The smallest absolute Gasteiger partial charge is 0.153 e. The molecule has 112 valence electrons. The number of halogens is 1. The maximum absolute atomic E-state index is 10.4. The van der Waals surface area contributed by atoms with Gasteiger partial charge < -0.3 is 9.84 Å². The molecule has 0 radical (unpaired) electrons. The Morgan fingerprint density at radius 3 is 2.77 bits per heavy atom. The summed E-state index contributed by atoms with van der Waals surface area (Å²) < 4.78 is 5.99. The topological polar surface area (TPSA) is 29.5 Å². The van der Waals surface area contributed by atoms with Crippen LogP contribution in [0.1, 0.15) is 29.2 Å². The summed E-state index contributed by atoms with van der Waals surface area (Å²) in [7, 11) is 0. The standard InChI is InChI=1S/C19H17ClO2/c1-4-13-8-11(2)9-16(21)18(13)17-10-12(3)14-6-5-7-15(20)19(14)22-17/h5-10,21H,3-4H2,1-2H3. The Morgan fingerprint density at radius 1 is 1.27 bits per heavy atom. The molecular weight excluding hydrogens is 296 g/mol. The number of phenols is 1. The highest BCUT2D eigenvalue weighted by Gasteiger charge is 2.23. The average Bonchev–Trinajstić information content (AvgIpc) is 2.47. The van der Waals surface area contributed by atoms with Crippen molar-refractivity contribution in [2.45, 2.75) is 20.3 Å². The first kappa shape index (κ1) is 14.7. The van der Waals surface area contributed by atoms with Gasteiger partial charge in [0.1, 0.15) is 11.5 Å². The van der Waals surface area contributed by atoms with Crippen LogP contribution in [-0.4, -0.2) is 5.11 Å². The largest absolute Gasteiger partial charge is 0.507 e. The second kappa shape index (κ2) is 5.54. The van der Waals surface area contributed by atoms with E-state index in [0.29, 0.717) is 22.1 Å². The average molecular weight is 313 g/mol. The lowest BCUT2D eigenvalue weighted by Crippen LogP contribution is -2.06. The Hall–Kier alpha value is -2.19. The summed E-state index contributed by atoms with van der Waals surface area (Å²) in [5.41, 5.74) is 4.46. The number of hydrogen-bond acceptors (Lipinski definition) is 2. The number of hydrogen-bond donors (Lipinski definition) is 1. The molecule has 0 aromatic heterocycles. The van der Waals surface area contributed by atoms with Crippen molar-refractivity contribution in [1.82, 2.24) is 0 Å². The number of allylic oxidation sites excluding steroid dienone is 2. The predicted molar refractivity (Wildman–Crippen MR) is 91.3 cm³/mol. The highest BCUT2D eigenvalue weighted by atomic mass is 35.5. The van der Waals surface area contributed by atoms with Gasteiger partial charge in [0, 0.05) is 5.56 Å². The maximum Gasteiger partial charge on any atom is 0.153 e. The fourth-order valence-corrected chi connectivity index (χ4v) is 2.98. The van der Waals surface area contributed by atoms with Crippen LogP contribution < -0.4 is 4.74 Å². The van der Waals surface area contributed by atoms with Crippen LogP contribution in [0, 0.1) is 6.92 Å². The van der Waals surface area contributed by atoms with Crippen molar-refractivity contribution in [2.75, 3.05) is 0 Å². The lowest BCUT2D eigenvalue weighted by Gasteiger charge is -2.23. The van der Waals surface area contributed by atoms with Gasteiger partial charge in [-0.1, -0.05) is 43.3 Å². The molecule has 0 saturated carbocycles. The van der Waals surface area contributed by atoms with Gasteiger partial charge in [0.05, 0.1) is 10.6 Å². The molecule has 22 heavy (non-hydrogen) atoms. The van der Waals surface area contributed by atoms with Gasteiger partial charge in [-0.2, -0.15) is 0 Å². The molecule has 2 nitrogen and oxygen atoms in total. The molecule has 3 rings (SSSR count). The zero-order valence-electron chi connectivity index (χ0n) is 12.6. The molecule has 2 aromatic carbocycles. The van der Waals surface area contributed by atoms with Gasteiger partial charge >= 0.3 is 0 Å². The van der Waals surface area contributed by atoms with Crippen molar-refractivity contribution in [3.8, 4) is 11.5 Å². The van der Waals surface area contributed by atoms with Crippen LogP contribution in [0.5, 0.6) is 11.5 Å². The Kier molecular flexibility index (Phi) is 3.71. The molecular formula is C19H17ClO2. The third kappa shape index (κ3) is 2.40. The summed E-state index contributed by atoms with van der Waals surface area (Å²) in [6, 6.07) is 9.38. The maximum atomic E-state index is 10.4. The van der Waals surface area contributed by atoms with E-state index in [2.05, 4.69) is 19.6 Å². The van der Waals surface area contributed by atoms with Gasteiger partial charge in [-0.25, -0.2) is 0 Å². The van der Waals surface area contributed by atoms with Gasteiger partial charge in [-0.15, -0.1) is 0 Å². The molecule has 0 bridgehead atoms. The minimum Gasteiger partial charge on any atom is -0.507 e. The Balaban J connectivity index is 2.16. The SMILES string of the molecule is C=C1C=C(c2c(O)cc(C)cc2CC)Oc2c(Cl)cccc21. The van der Waals surface area contributed by atoms with Gasteiger partial charge in [0.2, 0.25) is 0 Å². The number of fused-ring (bicyclic) bond motifs is 1. The third-order valence-corrected chi connectivity index (χ3v) is 4.10. The van der Waals surface area contributed by atoms with E-state index in [1.54, 1.807) is 12.1 Å². The summed E-state index contributed by atoms with van der Waals surface area (Å²) in [5, 5.41) is 10.9. The van der Waals surface area contributed by atoms with Crippen molar-refractivity contribution in [1.29, 1.82) is 0 Å². The molecule has 1 N–H and O–H groups in total. The number of ether oxygens (including phenoxy) is 1. The van der Waals surface area contributed by atoms with E-state index in [1.165, 1.54) is 0 Å². The number of phenolic OH excluding ortho intramolecular Hbond substituents is 1. The zero-order valence-corrected chi connectivity index (χ0v) is 13.4. The molecule has 0 unspecified atom stereocenters. The molecule has 1 aliphatic heterocycles. The van der Waals surface area contributed by atoms with Crippen LogP contribution in [0.2, 0.25) is 5.02 Å². The van der Waals surface area contributed by atoms with Crippen molar-refractivity contribution in [2.24, 2.45) is 0 Å². The van der Waals surface area contributed by atoms with Crippen molar-refractivity contribution in [3.63, 3.8) is 0 Å². The Labute approximate surface area is 135 Å². The summed E-state index contributed by atoms with van der Waals surface area (Å²) >= 11 is 6.24. The van der Waals surface area contributed by atoms with Crippen molar-refractivity contribution >= 4 is 22.9 Å². The summed E-state index contributed by atoms with van der Waals surface area (Å²) in [6.07, 6.45) is 2.65. The van der Waals surface area contributed by atoms with Crippen LogP contribution in [0.4, 0.5) is 0 Å². The first-order valence-electron chi connectivity index (χ1n) is 7.21. The molecule has 0 spiro atoms. The van der Waals surface area contributed by atoms with E-state index in [4.69, 9.17) is 16.3 Å². The fraction of sp³-hybridized carbons (Fsp3) is 0.158. The van der Waals surface area contributed by atoms with E-state index in [1.807, 2.05) is 25.1 Å². The summed E-state index contributed by atoms with van der Waals surface area (Å²) in [5.74, 6) is 1.39. The van der Waals surface area contributed by atoms with Crippen LogP contribution in [-0.2, 0) is 6.42 Å². The van der Waals surface area contributed by atoms with E-state index < -0.39 is 0 Å². The molecule has 1 aliphatic rings. The van der Waals surface area contributed by atoms with E-state index in [9.17, 15) is 5.11 Å². The molecule has 3 heteroatoms. The normalized spacial score (nSPS) is 13.4. The Bertz CT molecular complexity index is 803. The molecule has 0 amide bonds. The van der Waals surface area contributed by atoms with Crippen molar-refractivity contribution in [3.05, 3.63) is 70.3 Å². The van der Waals surface area contributed by atoms with Crippen LogP contribution in [0.15, 0.2) is 43.0 Å². The molecule has 0 saturated heterocycles. The highest BCUT2D eigenvalue weighted by Crippen LogP contribution is 2.43. The predicted octanol–water partition coefficient (Wildman–Crippen LogP) is 5.36. The van der Waals surface area contributed by atoms with Gasteiger partial charge in [-0.3, -0.25) is 0 Å². The highest BCUT2D eigenvalue weighted by molar-refractivity contribution is 6.32. The minimum absolute atomic E-state index is 0.214. The van der Waals surface area contributed by atoms with Crippen LogP contribution in [0.25, 0.3) is 11.3 Å². The fourth-order valence-electron chi connectivity index (χ4n) is 2.77. The quantitative estimate of drug-likeness (QED) is 0.808. The number of aryl methyl sites for hydroxylation is 2. The third-order valence-electron chi connectivity index (χ3n) is 3.80. The van der Waals surface area contributed by atoms with Gasteiger partial charge in [-0.05, 0) is 48.3 Å². The number of benzene rings is 2. The monoisotopic (exact) mass is 312 g/mol. The lowest BCUT2D eigenvalue weighted by atomic mass is 9.95. The van der Waals surface area contributed by atoms with Gasteiger partial charge in [0.25, 0.3) is 0 Å². The number of para-hydroxylation sites is 1. The van der Waals surface area contributed by atoms with Crippen molar-refractivity contribution < 1.29 is 9.84 Å². The molecule has 2 aromatic rings. The summed E-state index contributed by atoms with van der Waals surface area (Å²) in [6.45, 7) is 8.09. The molecule has 1 heterocycles. The van der Waals surface area contributed by atoms with Crippen LogP contribution >= 0.6 is 11.6 Å². The van der Waals surface area contributed by atoms with Gasteiger partial charge in [0.15, 0.2) is 5.75 Å². The van der Waals surface area contributed by atoms with E-state index in [0.717, 1.165) is 28.7 Å². The zero-order chi connectivity index (χ0) is 15.9. The lowest BCUT2D eigenvalue weighted by molar-refractivity contribution is 0.459. The minimum atomic E-state index is 0.214. The Morgan fingerprint density at radius 2 is 2.05 bits per heavy atom. The molecule has 0 atom stereocenters. The second-order valence-corrected chi connectivity index (χ2v) is 5.83. The second-order valence-electron chi connectivity index (χ2n) is 5.42. The first-order valence-corrected chi connectivity index (χ1v) is 7.59. The number of aromatic hydroxyl groups is 1. The molecule has 0 aliphatic carbocycles. The summed E-state index contributed by atoms with van der Waals surface area (Å²) in [4.78, 5) is 0. The molecule has 0 fully saturated rings. The van der Waals surface area contributed by atoms with E-state index >= 15 is 0 Å². The number of rotatable bonds is 2.